The second-order valence-corrected chi connectivity index (χ2v) is 15.2. The van der Waals surface area contributed by atoms with Gasteiger partial charge in [-0.25, -0.2) is 0 Å². The lowest BCUT2D eigenvalue weighted by atomic mass is 9.96. The highest BCUT2D eigenvalue weighted by molar-refractivity contribution is 6.01. The smallest absolute Gasteiger partial charge is 0.307 e. The fraction of sp³-hybridized carbons (Fsp3) is 0.236. The summed E-state index contributed by atoms with van der Waals surface area (Å²) < 4.78 is 39.0. The van der Waals surface area contributed by atoms with Gasteiger partial charge in [0.1, 0.15) is 86.6 Å². The SMILES string of the molecule is CO/N=C(\COc1ccc(COc2ccc(C(C#N)CC(=O)O)c(OC)c2)cc1)c1ccccc1.CO/N=C(\COc1ccc(COc2ccc(C(C#N)CC(=O)OC)c(OC)c2)cc1)c1ccccc1. The molecule has 2 unspecified atom stereocenters. The average molecular weight is 963 g/mol. The van der Waals surface area contributed by atoms with Crippen molar-refractivity contribution in [3.63, 3.8) is 0 Å². The first kappa shape index (κ1) is 52.9. The van der Waals surface area contributed by atoms with Gasteiger partial charge in [0.05, 0.1) is 58.1 Å². The summed E-state index contributed by atoms with van der Waals surface area (Å²) in [7, 11) is 7.27. The lowest BCUT2D eigenvalue weighted by Gasteiger charge is -2.15. The number of carboxylic acids is 1. The minimum absolute atomic E-state index is 0.0534. The number of methoxy groups -OCH3 is 3. The fourth-order valence-corrected chi connectivity index (χ4v) is 6.82. The molecular weight excluding hydrogens is 909 g/mol. The van der Waals surface area contributed by atoms with E-state index in [0.29, 0.717) is 70.3 Å². The van der Waals surface area contributed by atoms with E-state index in [1.165, 1.54) is 35.5 Å². The van der Waals surface area contributed by atoms with Gasteiger partial charge in [-0.15, -0.1) is 0 Å². The molecular formula is C55H54N4O12. The summed E-state index contributed by atoms with van der Waals surface area (Å²) in [4.78, 5) is 32.5. The number of rotatable bonds is 24. The highest BCUT2D eigenvalue weighted by atomic mass is 16.6. The average Bonchev–Trinajstić information content (AvgIpc) is 3.41. The lowest BCUT2D eigenvalue weighted by Crippen LogP contribution is -2.13. The van der Waals surface area contributed by atoms with Gasteiger partial charge < -0.3 is 47.9 Å². The summed E-state index contributed by atoms with van der Waals surface area (Å²) >= 11 is 0. The zero-order valence-corrected chi connectivity index (χ0v) is 40.0. The van der Waals surface area contributed by atoms with Gasteiger partial charge in [-0.2, -0.15) is 10.5 Å². The maximum atomic E-state index is 11.6. The van der Waals surface area contributed by atoms with Crippen molar-refractivity contribution in [3.8, 4) is 46.6 Å². The Balaban J connectivity index is 0.000000264. The van der Waals surface area contributed by atoms with Crippen molar-refractivity contribution in [2.75, 3.05) is 48.8 Å². The topological polar surface area (TPSA) is 210 Å². The number of carbonyl (C=O) groups excluding carboxylic acids is 1. The zero-order chi connectivity index (χ0) is 50.8. The number of aliphatic carboxylic acids is 1. The van der Waals surface area contributed by atoms with Crippen molar-refractivity contribution < 1.29 is 57.5 Å². The number of nitriles is 2. The Morgan fingerprint density at radius 3 is 1.27 bits per heavy atom. The standard InChI is InChI=1S/C28H28N2O6.C27H26N2O6/c1-32-27-16-24(13-14-25(27)22(17-29)15-28(31)33-2)35-18-20-9-11-23(12-10-20)36-19-26(30-34-3)21-7-5-4-6-8-21;1-32-26-15-23(12-13-24(26)21(16-28)14-27(30)31)34-17-19-8-10-22(11-9-19)35-18-25(29-33-2)20-6-4-3-5-7-20/h4-14,16,22H,15,18-19H2,1-3H3;3-13,15,21H,14,17-18H2,1-2H3,(H,30,31)/b30-26+;29-25+. The molecule has 0 saturated carbocycles. The van der Waals surface area contributed by atoms with E-state index >= 15 is 0 Å². The molecule has 6 rings (SSSR count). The predicted octanol–water partition coefficient (Wildman–Crippen LogP) is 9.66. The molecule has 1 N–H and O–H groups in total. The molecule has 16 nitrogen and oxygen atoms in total. The number of carboxylic acid groups (broad SMARTS) is 1. The van der Waals surface area contributed by atoms with Crippen LogP contribution in [0.25, 0.3) is 0 Å². The Morgan fingerprint density at radius 2 is 0.915 bits per heavy atom. The van der Waals surface area contributed by atoms with Gasteiger partial charge in [0.2, 0.25) is 0 Å². The van der Waals surface area contributed by atoms with Crippen molar-refractivity contribution in [2.24, 2.45) is 10.3 Å². The number of benzene rings is 6. The molecule has 6 aromatic carbocycles. The zero-order valence-electron chi connectivity index (χ0n) is 40.0. The summed E-state index contributed by atoms with van der Waals surface area (Å²) in [5, 5.41) is 35.9. The Kier molecular flexibility index (Phi) is 21.1. The Labute approximate surface area is 412 Å². The highest BCUT2D eigenvalue weighted by Gasteiger charge is 2.22. The van der Waals surface area contributed by atoms with Crippen molar-refractivity contribution in [1.82, 2.24) is 0 Å². The monoisotopic (exact) mass is 962 g/mol. The molecule has 0 aliphatic heterocycles. The molecule has 71 heavy (non-hydrogen) atoms. The highest BCUT2D eigenvalue weighted by Crippen LogP contribution is 2.34. The lowest BCUT2D eigenvalue weighted by molar-refractivity contribution is -0.141. The normalized spacial score (nSPS) is 11.7. The molecule has 0 amide bonds. The van der Waals surface area contributed by atoms with Crippen molar-refractivity contribution in [3.05, 3.63) is 179 Å². The first-order valence-corrected chi connectivity index (χ1v) is 22.0. The van der Waals surface area contributed by atoms with E-state index < -0.39 is 23.8 Å². The maximum absolute atomic E-state index is 11.6. The molecule has 0 spiro atoms. The summed E-state index contributed by atoms with van der Waals surface area (Å²) in [6.07, 6.45) is -0.353. The number of carbonyl (C=O) groups is 2. The van der Waals surface area contributed by atoms with Crippen LogP contribution in [0.15, 0.2) is 156 Å². The minimum atomic E-state index is -1.05. The summed E-state index contributed by atoms with van der Waals surface area (Å²) in [5.74, 6) is 0.385. The van der Waals surface area contributed by atoms with E-state index in [0.717, 1.165) is 22.3 Å². The molecule has 2 atom stereocenters. The van der Waals surface area contributed by atoms with E-state index in [2.05, 4.69) is 21.1 Å². The van der Waals surface area contributed by atoms with Crippen LogP contribution in [-0.2, 0) is 37.2 Å². The van der Waals surface area contributed by atoms with Crippen LogP contribution in [0.5, 0.6) is 34.5 Å². The molecule has 0 fully saturated rings. The Bertz CT molecular complexity index is 2770. The van der Waals surface area contributed by atoms with Gasteiger partial charge in [0.15, 0.2) is 0 Å². The molecule has 0 bridgehead atoms. The van der Waals surface area contributed by atoms with Crippen LogP contribution < -0.4 is 28.4 Å². The fourth-order valence-electron chi connectivity index (χ4n) is 6.82. The number of oxime groups is 2. The van der Waals surface area contributed by atoms with Gasteiger partial charge in [0.25, 0.3) is 0 Å². The second kappa shape index (κ2) is 28.3. The minimum Gasteiger partial charge on any atom is -0.496 e. The van der Waals surface area contributed by atoms with Gasteiger partial charge in [-0.05, 0) is 47.5 Å². The summed E-state index contributed by atoms with van der Waals surface area (Å²) in [5.41, 5.74) is 6.20. The number of nitrogens with zero attached hydrogens (tertiary/aromatic N) is 4. The van der Waals surface area contributed by atoms with E-state index in [1.807, 2.05) is 115 Å². The Morgan fingerprint density at radius 1 is 0.521 bits per heavy atom. The van der Waals surface area contributed by atoms with Crippen LogP contribution in [0.4, 0.5) is 0 Å². The molecule has 16 heteroatoms. The van der Waals surface area contributed by atoms with Crippen molar-refractivity contribution >= 4 is 23.4 Å². The first-order valence-electron chi connectivity index (χ1n) is 22.0. The predicted molar refractivity (Wildman–Crippen MR) is 264 cm³/mol. The van der Waals surface area contributed by atoms with Crippen LogP contribution in [0, 0.1) is 22.7 Å². The van der Waals surface area contributed by atoms with E-state index in [-0.39, 0.29) is 26.1 Å². The largest absolute Gasteiger partial charge is 0.496 e. The van der Waals surface area contributed by atoms with Crippen molar-refractivity contribution in [1.29, 1.82) is 10.5 Å². The van der Waals surface area contributed by atoms with Gasteiger partial charge >= 0.3 is 11.9 Å². The van der Waals surface area contributed by atoms with Crippen LogP contribution in [0.1, 0.15) is 58.1 Å². The summed E-state index contributed by atoms with van der Waals surface area (Å²) in [6, 6.07) is 48.7. The second-order valence-electron chi connectivity index (χ2n) is 15.2. The van der Waals surface area contributed by atoms with Gasteiger partial charge in [-0.1, -0.05) is 107 Å². The molecule has 0 aliphatic rings. The van der Waals surface area contributed by atoms with Crippen LogP contribution in [0.3, 0.4) is 0 Å². The third kappa shape index (κ3) is 16.6. The van der Waals surface area contributed by atoms with Crippen LogP contribution in [-0.4, -0.2) is 77.2 Å². The third-order valence-corrected chi connectivity index (χ3v) is 10.5. The molecule has 0 radical (unpaired) electrons. The van der Waals surface area contributed by atoms with E-state index in [4.69, 9.17) is 43.2 Å². The first-order chi connectivity index (χ1) is 34.6. The number of esters is 1. The quantitative estimate of drug-likeness (QED) is 0.0340. The van der Waals surface area contributed by atoms with Crippen molar-refractivity contribution in [2.45, 2.75) is 37.9 Å². The number of hydrogen-bond acceptors (Lipinski definition) is 15. The molecule has 0 aromatic heterocycles. The van der Waals surface area contributed by atoms with Gasteiger partial charge in [0, 0.05) is 34.4 Å². The van der Waals surface area contributed by atoms with E-state index in [1.54, 1.807) is 36.4 Å². The summed E-state index contributed by atoms with van der Waals surface area (Å²) in [6.45, 7) is 1.15. The molecule has 6 aromatic rings. The molecule has 0 heterocycles. The van der Waals surface area contributed by atoms with Gasteiger partial charge in [-0.3, -0.25) is 9.59 Å². The molecule has 0 aliphatic carbocycles. The van der Waals surface area contributed by atoms with E-state index in [9.17, 15) is 20.1 Å². The molecule has 0 saturated heterocycles. The molecule has 366 valence electrons. The maximum Gasteiger partial charge on any atom is 0.307 e. The third-order valence-electron chi connectivity index (χ3n) is 10.5. The van der Waals surface area contributed by atoms with Crippen LogP contribution >= 0.6 is 0 Å². The Hall–Kier alpha value is -9.02. The number of ether oxygens (including phenoxy) is 7. The van der Waals surface area contributed by atoms with Crippen LogP contribution in [0.2, 0.25) is 0 Å². The number of hydrogen-bond donors (Lipinski definition) is 1.